The summed E-state index contributed by atoms with van der Waals surface area (Å²) in [7, 11) is 0. The van der Waals surface area contributed by atoms with Gasteiger partial charge in [-0.25, -0.2) is 5.48 Å². The molecule has 2 aromatic rings. The van der Waals surface area contributed by atoms with Gasteiger partial charge in [-0.1, -0.05) is 30.7 Å². The van der Waals surface area contributed by atoms with Crippen LogP contribution in [0.2, 0.25) is 0 Å². The van der Waals surface area contributed by atoms with Crippen LogP contribution in [0.5, 0.6) is 0 Å². The molecule has 164 valence electrons. The standard InChI is InChI=1S/C22H27N5O4/c23-13-19(22(30)27-31)26-20(28)16-6-4-14(5-7-16)15-8-10-17(11-9-15)25-21(29)18-3-1-2-12-24-18/h4-11,18-19,24,31H,1-3,12-13,23H2,(H,25,29)(H,26,28)(H,27,30)/t18-,19-/m0/s1. The Morgan fingerprint density at radius 1 is 1.03 bits per heavy atom. The molecule has 1 aliphatic rings. The van der Waals surface area contributed by atoms with Gasteiger partial charge in [0, 0.05) is 17.8 Å². The van der Waals surface area contributed by atoms with Crippen LogP contribution in [0.1, 0.15) is 29.6 Å². The van der Waals surface area contributed by atoms with Crippen LogP contribution < -0.4 is 27.2 Å². The normalized spacial score (nSPS) is 16.8. The number of carbonyl (C=O) groups is 3. The Kier molecular flexibility index (Phi) is 7.71. The SMILES string of the molecule is NC[C@H](NC(=O)c1ccc(-c2ccc(NC(=O)[C@@H]3CCCCN3)cc2)cc1)C(=O)NO. The first-order valence-electron chi connectivity index (χ1n) is 10.2. The summed E-state index contributed by atoms with van der Waals surface area (Å²) in [5.74, 6) is -1.27. The highest BCUT2D eigenvalue weighted by molar-refractivity contribution is 5.98. The Bertz CT molecular complexity index is 909. The van der Waals surface area contributed by atoms with E-state index in [9.17, 15) is 14.4 Å². The summed E-state index contributed by atoms with van der Waals surface area (Å²) in [4.78, 5) is 36.1. The van der Waals surface area contributed by atoms with Gasteiger partial charge in [0.25, 0.3) is 11.8 Å². The second-order valence-corrected chi connectivity index (χ2v) is 7.38. The smallest absolute Gasteiger partial charge is 0.267 e. The first-order chi connectivity index (χ1) is 15.0. The summed E-state index contributed by atoms with van der Waals surface area (Å²) in [6.07, 6.45) is 3.00. The van der Waals surface area contributed by atoms with Crippen LogP contribution in [0.25, 0.3) is 11.1 Å². The Morgan fingerprint density at radius 2 is 1.68 bits per heavy atom. The molecule has 0 aliphatic carbocycles. The highest BCUT2D eigenvalue weighted by atomic mass is 16.5. The molecule has 2 atom stereocenters. The molecule has 7 N–H and O–H groups in total. The molecule has 0 unspecified atom stereocenters. The lowest BCUT2D eigenvalue weighted by atomic mass is 10.0. The number of amides is 3. The molecule has 9 nitrogen and oxygen atoms in total. The van der Waals surface area contributed by atoms with Crippen LogP contribution >= 0.6 is 0 Å². The molecule has 1 aliphatic heterocycles. The highest BCUT2D eigenvalue weighted by Crippen LogP contribution is 2.22. The van der Waals surface area contributed by atoms with Gasteiger partial charge in [0.05, 0.1) is 6.04 Å². The Balaban J connectivity index is 1.61. The maximum absolute atomic E-state index is 12.3. The number of nitrogens with two attached hydrogens (primary N) is 1. The Labute approximate surface area is 180 Å². The first kappa shape index (κ1) is 22.4. The number of nitrogens with one attached hydrogen (secondary N) is 4. The average Bonchev–Trinajstić information content (AvgIpc) is 2.83. The van der Waals surface area contributed by atoms with Crippen LogP contribution in [0.4, 0.5) is 5.69 Å². The predicted octanol–water partition coefficient (Wildman–Crippen LogP) is 0.997. The number of rotatable bonds is 7. The number of hydrogen-bond donors (Lipinski definition) is 6. The highest BCUT2D eigenvalue weighted by Gasteiger charge is 2.21. The second-order valence-electron chi connectivity index (χ2n) is 7.38. The van der Waals surface area contributed by atoms with E-state index >= 15 is 0 Å². The van der Waals surface area contributed by atoms with Crippen LogP contribution in [-0.4, -0.2) is 48.1 Å². The molecule has 0 spiro atoms. The maximum Gasteiger partial charge on any atom is 0.267 e. The molecule has 0 saturated carbocycles. The van der Waals surface area contributed by atoms with E-state index in [1.165, 1.54) is 5.48 Å². The molecule has 1 fully saturated rings. The average molecular weight is 425 g/mol. The number of hydrogen-bond acceptors (Lipinski definition) is 6. The van der Waals surface area contributed by atoms with Crippen molar-refractivity contribution in [3.05, 3.63) is 54.1 Å². The fourth-order valence-electron chi connectivity index (χ4n) is 3.42. The molecule has 3 amide bonds. The van der Waals surface area contributed by atoms with Gasteiger partial charge in [-0.3, -0.25) is 19.6 Å². The lowest BCUT2D eigenvalue weighted by Crippen LogP contribution is -2.50. The molecular formula is C22H27N5O4. The van der Waals surface area contributed by atoms with Crippen molar-refractivity contribution in [3.8, 4) is 11.1 Å². The van der Waals surface area contributed by atoms with E-state index in [1.807, 2.05) is 24.3 Å². The van der Waals surface area contributed by atoms with Crippen molar-refractivity contribution in [2.45, 2.75) is 31.3 Å². The number of hydroxylamine groups is 1. The van der Waals surface area contributed by atoms with Gasteiger partial charge >= 0.3 is 0 Å². The van der Waals surface area contributed by atoms with Crippen LogP contribution in [0.3, 0.4) is 0 Å². The third kappa shape index (κ3) is 5.88. The van der Waals surface area contributed by atoms with Crippen molar-refractivity contribution < 1.29 is 19.6 Å². The van der Waals surface area contributed by atoms with Gasteiger partial charge < -0.3 is 21.7 Å². The summed E-state index contributed by atoms with van der Waals surface area (Å²) in [6, 6.07) is 13.2. The molecule has 0 aromatic heterocycles. The molecule has 1 saturated heterocycles. The molecule has 9 heteroatoms. The fourth-order valence-corrected chi connectivity index (χ4v) is 3.42. The van der Waals surface area contributed by atoms with Crippen molar-refractivity contribution in [3.63, 3.8) is 0 Å². The third-order valence-electron chi connectivity index (χ3n) is 5.23. The zero-order valence-electron chi connectivity index (χ0n) is 17.1. The summed E-state index contributed by atoms with van der Waals surface area (Å²) >= 11 is 0. The maximum atomic E-state index is 12.3. The van der Waals surface area contributed by atoms with Crippen LogP contribution in [0, 0.1) is 0 Å². The second kappa shape index (κ2) is 10.7. The van der Waals surface area contributed by atoms with Crippen molar-refractivity contribution in [2.75, 3.05) is 18.4 Å². The lowest BCUT2D eigenvalue weighted by Gasteiger charge is -2.22. The van der Waals surface area contributed by atoms with Crippen molar-refractivity contribution in [2.24, 2.45) is 5.73 Å². The van der Waals surface area contributed by atoms with E-state index < -0.39 is 17.9 Å². The summed E-state index contributed by atoms with van der Waals surface area (Å²) in [5, 5.41) is 17.3. The van der Waals surface area contributed by atoms with Gasteiger partial charge in [-0.05, 0) is 54.8 Å². The molecule has 0 bridgehead atoms. The number of anilines is 1. The summed E-state index contributed by atoms with van der Waals surface area (Å²) in [5.41, 5.74) is 9.83. The van der Waals surface area contributed by atoms with Gasteiger partial charge in [-0.15, -0.1) is 0 Å². The van der Waals surface area contributed by atoms with Crippen molar-refractivity contribution in [1.82, 2.24) is 16.1 Å². The zero-order chi connectivity index (χ0) is 22.2. The number of piperidine rings is 1. The van der Waals surface area contributed by atoms with Crippen molar-refractivity contribution >= 4 is 23.4 Å². The molecule has 0 radical (unpaired) electrons. The monoisotopic (exact) mass is 425 g/mol. The lowest BCUT2D eigenvalue weighted by molar-refractivity contribution is -0.130. The van der Waals surface area contributed by atoms with Crippen molar-refractivity contribution in [1.29, 1.82) is 0 Å². The van der Waals surface area contributed by atoms with Crippen LogP contribution in [0.15, 0.2) is 48.5 Å². The van der Waals surface area contributed by atoms with Gasteiger partial charge in [0.1, 0.15) is 6.04 Å². The number of benzene rings is 2. The first-order valence-corrected chi connectivity index (χ1v) is 10.2. The predicted molar refractivity (Wildman–Crippen MR) is 116 cm³/mol. The molecule has 2 aromatic carbocycles. The minimum absolute atomic E-state index is 0.0199. The topological polar surface area (TPSA) is 146 Å². The Hall–Kier alpha value is -3.27. The van der Waals surface area contributed by atoms with E-state index in [0.717, 1.165) is 42.6 Å². The largest absolute Gasteiger partial charge is 0.339 e. The summed E-state index contributed by atoms with van der Waals surface area (Å²) in [6.45, 7) is 0.725. The van der Waals surface area contributed by atoms with Crippen LogP contribution in [-0.2, 0) is 9.59 Å². The van der Waals surface area contributed by atoms with Gasteiger partial charge in [0.2, 0.25) is 5.91 Å². The number of carbonyl (C=O) groups excluding carboxylic acids is 3. The molecular weight excluding hydrogens is 398 g/mol. The van der Waals surface area contributed by atoms with E-state index in [4.69, 9.17) is 10.9 Å². The molecule has 3 rings (SSSR count). The van der Waals surface area contributed by atoms with E-state index in [2.05, 4.69) is 16.0 Å². The fraction of sp³-hybridized carbons (Fsp3) is 0.318. The summed E-state index contributed by atoms with van der Waals surface area (Å²) < 4.78 is 0. The molecule has 31 heavy (non-hydrogen) atoms. The van der Waals surface area contributed by atoms with Gasteiger partial charge in [0.15, 0.2) is 0 Å². The van der Waals surface area contributed by atoms with E-state index in [1.54, 1.807) is 24.3 Å². The quantitative estimate of drug-likeness (QED) is 0.288. The van der Waals surface area contributed by atoms with E-state index in [-0.39, 0.29) is 18.5 Å². The van der Waals surface area contributed by atoms with E-state index in [0.29, 0.717) is 5.56 Å². The zero-order valence-corrected chi connectivity index (χ0v) is 17.1. The van der Waals surface area contributed by atoms with Gasteiger partial charge in [-0.2, -0.15) is 0 Å². The third-order valence-corrected chi connectivity index (χ3v) is 5.23. The minimum Gasteiger partial charge on any atom is -0.339 e. The molecule has 1 heterocycles. The Morgan fingerprint density at radius 3 is 2.23 bits per heavy atom. The minimum atomic E-state index is -1.02.